The molecule has 1 aliphatic rings. The van der Waals surface area contributed by atoms with E-state index >= 15 is 0 Å². The van der Waals surface area contributed by atoms with E-state index in [1.807, 2.05) is 0 Å². The van der Waals surface area contributed by atoms with Crippen molar-refractivity contribution in [1.29, 1.82) is 0 Å². The van der Waals surface area contributed by atoms with Gasteiger partial charge in [-0.2, -0.15) is 4.48 Å². The number of carboxylic acids is 1. The Bertz CT molecular complexity index is 1020. The number of imide groups is 1. The number of aliphatic carboxylic acids is 1. The molecule has 0 aromatic heterocycles. The number of rotatable bonds is 9. The fourth-order valence-electron chi connectivity index (χ4n) is 3.98. The lowest BCUT2D eigenvalue weighted by atomic mass is 10.0. The Morgan fingerprint density at radius 2 is 1.74 bits per heavy atom. The predicted molar refractivity (Wildman–Crippen MR) is 127 cm³/mol. The Kier molecular flexibility index (Phi) is 9.49. The second kappa shape index (κ2) is 11.9. The number of halogens is 1. The Labute approximate surface area is 207 Å². The van der Waals surface area contributed by atoms with Crippen LogP contribution in [0.5, 0.6) is 0 Å². The third-order valence-corrected chi connectivity index (χ3v) is 6.07. The van der Waals surface area contributed by atoms with Crippen molar-refractivity contribution in [3.63, 3.8) is 0 Å². The fourth-order valence-corrected chi connectivity index (χ4v) is 4.25. The standard InChI is InChI=1S/C23H29ClN4O7/c1-13(2)20(27-21(33)17-7-6-15(10-18(17)24)25-14(3)30)22(34)28(8-4-5-9-28)23(35)26-16(12-29)11-19(31)32/h6-7,10,12-13,16,20H,4-5,8-9,11H2,1-3H3,(H3-,25,26,27,30,31,32,33,35)/p+1/t16-,20-/m0/s1. The number of nitrogens with zero attached hydrogens (tertiary/aromatic N) is 1. The molecule has 1 aromatic rings. The van der Waals surface area contributed by atoms with E-state index in [0.717, 1.165) is 0 Å². The summed E-state index contributed by atoms with van der Waals surface area (Å²) in [6.45, 7) is 5.09. The quantitative estimate of drug-likeness (QED) is 0.292. The number of anilines is 1. The number of nitrogens with one attached hydrogen (secondary N) is 3. The molecule has 35 heavy (non-hydrogen) atoms. The highest BCUT2D eigenvalue weighted by atomic mass is 35.5. The number of aldehydes is 1. The average molecular weight is 510 g/mol. The molecule has 1 aromatic carbocycles. The summed E-state index contributed by atoms with van der Waals surface area (Å²) in [4.78, 5) is 73.3. The Morgan fingerprint density at radius 1 is 1.11 bits per heavy atom. The van der Waals surface area contributed by atoms with Gasteiger partial charge in [0.1, 0.15) is 18.4 Å². The maximum absolute atomic E-state index is 13.7. The summed E-state index contributed by atoms with van der Waals surface area (Å²) in [5.74, 6) is -3.16. The van der Waals surface area contributed by atoms with Crippen molar-refractivity contribution in [3.05, 3.63) is 28.8 Å². The highest BCUT2D eigenvalue weighted by Gasteiger charge is 2.51. The van der Waals surface area contributed by atoms with Crippen molar-refractivity contribution in [3.8, 4) is 0 Å². The zero-order valence-electron chi connectivity index (χ0n) is 19.8. The fraction of sp³-hybridized carbons (Fsp3) is 0.478. The third-order valence-electron chi connectivity index (χ3n) is 5.76. The van der Waals surface area contributed by atoms with E-state index in [9.17, 15) is 28.8 Å². The van der Waals surface area contributed by atoms with Crippen LogP contribution in [-0.2, 0) is 19.2 Å². The van der Waals surface area contributed by atoms with Gasteiger partial charge in [0, 0.05) is 25.5 Å². The Morgan fingerprint density at radius 3 is 2.23 bits per heavy atom. The predicted octanol–water partition coefficient (Wildman–Crippen LogP) is 1.94. The van der Waals surface area contributed by atoms with Crippen LogP contribution in [-0.4, -0.2) is 70.8 Å². The number of carboxylic acid groups (broad SMARTS) is 1. The highest BCUT2D eigenvalue weighted by molar-refractivity contribution is 6.34. The van der Waals surface area contributed by atoms with Crippen LogP contribution in [0.1, 0.15) is 50.4 Å². The lowest BCUT2D eigenvalue weighted by molar-refractivity contribution is -0.761. The van der Waals surface area contributed by atoms with E-state index in [4.69, 9.17) is 16.7 Å². The number of carbonyl (C=O) groups is 6. The van der Waals surface area contributed by atoms with Gasteiger partial charge >= 0.3 is 17.9 Å². The van der Waals surface area contributed by atoms with Gasteiger partial charge in [-0.25, -0.2) is 9.59 Å². The van der Waals surface area contributed by atoms with Gasteiger partial charge in [0.15, 0.2) is 0 Å². The molecule has 0 saturated carbocycles. The van der Waals surface area contributed by atoms with E-state index in [2.05, 4.69) is 16.0 Å². The first-order chi connectivity index (χ1) is 16.4. The van der Waals surface area contributed by atoms with Crippen LogP contribution in [0.4, 0.5) is 10.5 Å². The number of urea groups is 1. The van der Waals surface area contributed by atoms with Crippen LogP contribution < -0.4 is 16.0 Å². The molecular weight excluding hydrogens is 480 g/mol. The molecule has 0 spiro atoms. The zero-order valence-corrected chi connectivity index (χ0v) is 20.6. The number of carbonyl (C=O) groups excluding carboxylic acids is 5. The van der Waals surface area contributed by atoms with Crippen molar-refractivity contribution in [2.45, 2.75) is 52.1 Å². The van der Waals surface area contributed by atoms with E-state index in [0.29, 0.717) is 24.8 Å². The van der Waals surface area contributed by atoms with Crippen molar-refractivity contribution >= 4 is 53.3 Å². The Hall–Kier alpha value is -3.31. The maximum atomic E-state index is 13.7. The molecule has 0 aliphatic carbocycles. The van der Waals surface area contributed by atoms with Crippen LogP contribution in [0.3, 0.4) is 0 Å². The molecule has 1 saturated heterocycles. The van der Waals surface area contributed by atoms with Gasteiger partial charge in [0.05, 0.1) is 30.1 Å². The summed E-state index contributed by atoms with van der Waals surface area (Å²) in [6, 6.07) is 1.21. The van der Waals surface area contributed by atoms with Crippen LogP contribution >= 0.6 is 11.6 Å². The van der Waals surface area contributed by atoms with Gasteiger partial charge in [-0.3, -0.25) is 19.7 Å². The molecule has 1 fully saturated rings. The first-order valence-corrected chi connectivity index (χ1v) is 11.6. The molecule has 0 radical (unpaired) electrons. The van der Waals surface area contributed by atoms with Crippen molar-refractivity contribution in [1.82, 2.24) is 10.6 Å². The summed E-state index contributed by atoms with van der Waals surface area (Å²) < 4.78 is -0.651. The van der Waals surface area contributed by atoms with E-state index < -0.39 is 52.7 Å². The molecule has 2 rings (SSSR count). The maximum Gasteiger partial charge on any atom is 0.424 e. The molecule has 12 heteroatoms. The summed E-state index contributed by atoms with van der Waals surface area (Å²) >= 11 is 6.22. The first kappa shape index (κ1) is 27.9. The van der Waals surface area contributed by atoms with E-state index in [1.165, 1.54) is 25.1 Å². The van der Waals surface area contributed by atoms with Gasteiger partial charge in [0.2, 0.25) is 5.91 Å². The summed E-state index contributed by atoms with van der Waals surface area (Å²) in [5.41, 5.74) is 0.485. The van der Waals surface area contributed by atoms with Gasteiger partial charge < -0.3 is 20.5 Å². The van der Waals surface area contributed by atoms with Crippen LogP contribution in [0.2, 0.25) is 5.02 Å². The third kappa shape index (κ3) is 6.86. The number of likely N-dealkylation sites (tertiary alicyclic amines) is 1. The molecule has 190 valence electrons. The minimum absolute atomic E-state index is 0.0639. The van der Waals surface area contributed by atoms with Gasteiger partial charge in [-0.05, 0) is 24.1 Å². The molecule has 2 atom stereocenters. The van der Waals surface area contributed by atoms with Gasteiger partial charge in [-0.15, -0.1) is 0 Å². The van der Waals surface area contributed by atoms with Crippen LogP contribution in [0.15, 0.2) is 18.2 Å². The normalized spacial score (nSPS) is 16.1. The van der Waals surface area contributed by atoms with E-state index in [-0.39, 0.29) is 29.6 Å². The van der Waals surface area contributed by atoms with E-state index in [1.54, 1.807) is 13.8 Å². The zero-order chi connectivity index (χ0) is 26.3. The number of hydrogen-bond donors (Lipinski definition) is 4. The summed E-state index contributed by atoms with van der Waals surface area (Å²) in [5, 5.41) is 16.6. The molecule has 0 bridgehead atoms. The second-order valence-corrected chi connectivity index (χ2v) is 9.23. The van der Waals surface area contributed by atoms with Gasteiger partial charge in [-0.1, -0.05) is 25.4 Å². The molecule has 11 nitrogen and oxygen atoms in total. The monoisotopic (exact) mass is 509 g/mol. The number of hydrogen-bond acceptors (Lipinski definition) is 6. The Balaban J connectivity index is 2.28. The SMILES string of the molecule is CC(=O)Nc1ccc(C(=O)N[C@H](C(=O)[N+]2(C(=O)N[C@H](C=O)CC(=O)O)CCCC2)C(C)C)c(Cl)c1. The number of benzene rings is 1. The largest absolute Gasteiger partial charge is 0.481 e. The van der Waals surface area contributed by atoms with Gasteiger partial charge in [0.25, 0.3) is 5.91 Å². The second-order valence-electron chi connectivity index (χ2n) is 8.82. The molecular formula is C23H30ClN4O7+. The van der Waals surface area contributed by atoms with Crippen molar-refractivity contribution in [2.75, 3.05) is 18.4 Å². The summed E-state index contributed by atoms with van der Waals surface area (Å²) in [6.07, 6.45) is 0.843. The average Bonchev–Trinajstić information content (AvgIpc) is 3.26. The highest BCUT2D eigenvalue weighted by Crippen LogP contribution is 2.26. The molecule has 5 amide bonds. The lowest BCUT2D eigenvalue weighted by Gasteiger charge is -2.33. The smallest absolute Gasteiger partial charge is 0.424 e. The molecule has 4 N–H and O–H groups in total. The lowest BCUT2D eigenvalue weighted by Crippen LogP contribution is -2.66. The first-order valence-electron chi connectivity index (χ1n) is 11.2. The molecule has 0 unspecified atom stereocenters. The van der Waals surface area contributed by atoms with Crippen molar-refractivity contribution in [2.24, 2.45) is 5.92 Å². The topological polar surface area (TPSA) is 159 Å². The minimum Gasteiger partial charge on any atom is -0.481 e. The number of quaternary nitrogens is 1. The van der Waals surface area contributed by atoms with Crippen molar-refractivity contribution < 1.29 is 38.4 Å². The molecule has 1 heterocycles. The number of amides is 5. The summed E-state index contributed by atoms with van der Waals surface area (Å²) in [7, 11) is 0. The van der Waals surface area contributed by atoms with Crippen LogP contribution in [0.25, 0.3) is 0 Å². The minimum atomic E-state index is -1.28. The van der Waals surface area contributed by atoms with Crippen LogP contribution in [0, 0.1) is 5.92 Å². The molecule has 1 aliphatic heterocycles.